The SMILES string of the molecule is CNC(Cc1nccs1)C(OC)C1CC1. The standard InChI is InChI=1S/C11H18N2OS/c1-12-9(7-10-13-5-6-15-10)11(14-2)8-3-4-8/h5-6,8-9,11-12H,3-4,7H2,1-2H3. The summed E-state index contributed by atoms with van der Waals surface area (Å²) in [6.07, 6.45) is 5.82. The lowest BCUT2D eigenvalue weighted by molar-refractivity contribution is 0.0534. The van der Waals surface area contributed by atoms with Crippen molar-refractivity contribution in [3.05, 3.63) is 16.6 Å². The molecule has 15 heavy (non-hydrogen) atoms. The lowest BCUT2D eigenvalue weighted by Gasteiger charge is -2.24. The summed E-state index contributed by atoms with van der Waals surface area (Å²) in [6.45, 7) is 0. The third-order valence-corrected chi connectivity index (χ3v) is 3.81. The van der Waals surface area contributed by atoms with E-state index in [0.29, 0.717) is 12.1 Å². The first-order valence-electron chi connectivity index (χ1n) is 5.43. The minimum absolute atomic E-state index is 0.346. The molecule has 1 aliphatic rings. The molecule has 0 bridgehead atoms. The quantitative estimate of drug-likeness (QED) is 0.801. The molecule has 3 nitrogen and oxygen atoms in total. The number of hydrogen-bond donors (Lipinski definition) is 1. The smallest absolute Gasteiger partial charge is 0.0941 e. The Morgan fingerprint density at radius 3 is 2.93 bits per heavy atom. The molecule has 1 aliphatic carbocycles. The van der Waals surface area contributed by atoms with Crippen LogP contribution in [0.1, 0.15) is 17.8 Å². The maximum atomic E-state index is 5.59. The molecule has 1 fully saturated rings. The average Bonchev–Trinajstić information content (AvgIpc) is 2.95. The van der Waals surface area contributed by atoms with Crippen LogP contribution in [-0.2, 0) is 11.2 Å². The summed E-state index contributed by atoms with van der Waals surface area (Å²) in [4.78, 5) is 4.32. The lowest BCUT2D eigenvalue weighted by atomic mass is 10.0. The first-order chi connectivity index (χ1) is 7.35. The predicted molar refractivity (Wildman–Crippen MR) is 62.2 cm³/mol. The van der Waals surface area contributed by atoms with Crippen LogP contribution >= 0.6 is 11.3 Å². The van der Waals surface area contributed by atoms with Gasteiger partial charge in [0.15, 0.2) is 0 Å². The van der Waals surface area contributed by atoms with Crippen LogP contribution in [0.3, 0.4) is 0 Å². The summed E-state index contributed by atoms with van der Waals surface area (Å²) in [5.74, 6) is 0.757. The lowest BCUT2D eigenvalue weighted by Crippen LogP contribution is -2.41. The van der Waals surface area contributed by atoms with Gasteiger partial charge in [-0.25, -0.2) is 4.98 Å². The number of rotatable bonds is 6. The van der Waals surface area contributed by atoms with E-state index in [0.717, 1.165) is 12.3 Å². The number of methoxy groups -OCH3 is 1. The normalized spacial score (nSPS) is 20.1. The van der Waals surface area contributed by atoms with Crippen molar-refractivity contribution in [2.45, 2.75) is 31.4 Å². The van der Waals surface area contributed by atoms with Gasteiger partial charge in [0.25, 0.3) is 0 Å². The molecule has 2 rings (SSSR count). The van der Waals surface area contributed by atoms with E-state index in [4.69, 9.17) is 4.74 Å². The number of hydrogen-bond acceptors (Lipinski definition) is 4. The number of nitrogens with zero attached hydrogens (tertiary/aromatic N) is 1. The maximum absolute atomic E-state index is 5.59. The van der Waals surface area contributed by atoms with Crippen molar-refractivity contribution >= 4 is 11.3 Å². The zero-order valence-electron chi connectivity index (χ0n) is 9.27. The molecule has 2 unspecified atom stereocenters. The summed E-state index contributed by atoms with van der Waals surface area (Å²) in [6, 6.07) is 0.397. The monoisotopic (exact) mass is 226 g/mol. The minimum atomic E-state index is 0.346. The Morgan fingerprint density at radius 1 is 1.67 bits per heavy atom. The van der Waals surface area contributed by atoms with Crippen LogP contribution in [0.4, 0.5) is 0 Å². The van der Waals surface area contributed by atoms with Gasteiger partial charge < -0.3 is 10.1 Å². The first-order valence-corrected chi connectivity index (χ1v) is 6.31. The Labute approximate surface area is 94.9 Å². The molecular formula is C11H18N2OS. The minimum Gasteiger partial charge on any atom is -0.380 e. The van der Waals surface area contributed by atoms with Gasteiger partial charge >= 0.3 is 0 Å². The van der Waals surface area contributed by atoms with E-state index >= 15 is 0 Å². The molecule has 0 radical (unpaired) electrons. The molecule has 1 aromatic rings. The van der Waals surface area contributed by atoms with Crippen LogP contribution in [0.25, 0.3) is 0 Å². The van der Waals surface area contributed by atoms with Crippen LogP contribution < -0.4 is 5.32 Å². The Bertz CT molecular complexity index is 285. The summed E-state index contributed by atoms with van der Waals surface area (Å²) in [7, 11) is 3.82. The molecule has 0 amide bonds. The Morgan fingerprint density at radius 2 is 2.47 bits per heavy atom. The van der Waals surface area contributed by atoms with E-state index in [1.54, 1.807) is 11.3 Å². The highest BCUT2D eigenvalue weighted by Gasteiger charge is 2.36. The number of ether oxygens (including phenoxy) is 1. The topological polar surface area (TPSA) is 34.2 Å². The van der Waals surface area contributed by atoms with Crippen LogP contribution in [-0.4, -0.2) is 31.3 Å². The van der Waals surface area contributed by atoms with E-state index in [-0.39, 0.29) is 0 Å². The van der Waals surface area contributed by atoms with Crippen molar-refractivity contribution < 1.29 is 4.74 Å². The summed E-state index contributed by atoms with van der Waals surface area (Å²) in [5.41, 5.74) is 0. The van der Waals surface area contributed by atoms with Crippen LogP contribution in [0, 0.1) is 5.92 Å². The van der Waals surface area contributed by atoms with Gasteiger partial charge in [0.2, 0.25) is 0 Å². The van der Waals surface area contributed by atoms with Crippen LogP contribution in [0.2, 0.25) is 0 Å². The van der Waals surface area contributed by atoms with E-state index in [1.807, 2.05) is 25.7 Å². The highest BCUT2D eigenvalue weighted by atomic mass is 32.1. The van der Waals surface area contributed by atoms with Gasteiger partial charge in [0.05, 0.1) is 11.1 Å². The number of aromatic nitrogens is 1. The molecule has 1 heterocycles. The zero-order chi connectivity index (χ0) is 10.7. The van der Waals surface area contributed by atoms with Crippen molar-refractivity contribution in [3.8, 4) is 0 Å². The zero-order valence-corrected chi connectivity index (χ0v) is 10.1. The van der Waals surface area contributed by atoms with Crippen molar-refractivity contribution in [2.24, 2.45) is 5.92 Å². The molecule has 0 spiro atoms. The third kappa shape index (κ3) is 2.77. The Kier molecular flexibility index (Phi) is 3.72. The van der Waals surface area contributed by atoms with Crippen molar-refractivity contribution in [2.75, 3.05) is 14.2 Å². The van der Waals surface area contributed by atoms with Gasteiger partial charge in [-0.2, -0.15) is 0 Å². The van der Waals surface area contributed by atoms with Crippen molar-refractivity contribution in [1.82, 2.24) is 10.3 Å². The van der Waals surface area contributed by atoms with E-state index in [9.17, 15) is 0 Å². The third-order valence-electron chi connectivity index (χ3n) is 3.00. The van der Waals surface area contributed by atoms with Gasteiger partial charge in [0.1, 0.15) is 0 Å². The first kappa shape index (κ1) is 11.0. The van der Waals surface area contributed by atoms with Gasteiger partial charge in [-0.05, 0) is 25.8 Å². The van der Waals surface area contributed by atoms with E-state index < -0.39 is 0 Å². The fraction of sp³-hybridized carbons (Fsp3) is 0.727. The second kappa shape index (κ2) is 5.05. The summed E-state index contributed by atoms with van der Waals surface area (Å²) in [5, 5.41) is 6.57. The largest absolute Gasteiger partial charge is 0.380 e. The fourth-order valence-electron chi connectivity index (χ4n) is 2.03. The van der Waals surface area contributed by atoms with Crippen LogP contribution in [0.15, 0.2) is 11.6 Å². The Hall–Kier alpha value is -0.450. The highest BCUT2D eigenvalue weighted by molar-refractivity contribution is 7.09. The van der Waals surface area contributed by atoms with E-state index in [2.05, 4.69) is 10.3 Å². The van der Waals surface area contributed by atoms with E-state index in [1.165, 1.54) is 17.8 Å². The van der Waals surface area contributed by atoms with Crippen molar-refractivity contribution in [3.63, 3.8) is 0 Å². The van der Waals surface area contributed by atoms with Crippen LogP contribution in [0.5, 0.6) is 0 Å². The predicted octanol–water partition coefficient (Wildman–Crippen LogP) is 1.70. The summed E-state index contributed by atoms with van der Waals surface area (Å²) < 4.78 is 5.59. The molecule has 0 aliphatic heterocycles. The molecule has 1 saturated carbocycles. The fourth-order valence-corrected chi connectivity index (χ4v) is 2.71. The molecular weight excluding hydrogens is 208 g/mol. The van der Waals surface area contributed by atoms with Gasteiger partial charge in [0, 0.05) is 31.1 Å². The second-order valence-corrected chi connectivity index (χ2v) is 5.04. The van der Waals surface area contributed by atoms with Gasteiger partial charge in [-0.1, -0.05) is 0 Å². The average molecular weight is 226 g/mol. The molecule has 1 N–H and O–H groups in total. The summed E-state index contributed by atoms with van der Waals surface area (Å²) >= 11 is 1.72. The van der Waals surface area contributed by atoms with Crippen molar-refractivity contribution in [1.29, 1.82) is 0 Å². The number of nitrogens with one attached hydrogen (secondary N) is 1. The molecule has 4 heteroatoms. The number of likely N-dealkylation sites (N-methyl/N-ethyl adjacent to an activating group) is 1. The maximum Gasteiger partial charge on any atom is 0.0941 e. The molecule has 0 aromatic carbocycles. The van der Waals surface area contributed by atoms with Gasteiger partial charge in [-0.3, -0.25) is 0 Å². The number of thiazole rings is 1. The highest BCUT2D eigenvalue weighted by Crippen LogP contribution is 2.36. The molecule has 1 aromatic heterocycles. The Balaban J connectivity index is 1.96. The molecule has 0 saturated heterocycles. The molecule has 84 valence electrons. The second-order valence-electron chi connectivity index (χ2n) is 4.06. The molecule has 2 atom stereocenters. The van der Waals surface area contributed by atoms with Gasteiger partial charge in [-0.15, -0.1) is 11.3 Å².